The second-order valence-corrected chi connectivity index (χ2v) is 6.27. The van der Waals surface area contributed by atoms with E-state index in [1.165, 1.54) is 0 Å². The molecule has 0 aromatic heterocycles. The van der Waals surface area contributed by atoms with Crippen molar-refractivity contribution in [1.29, 1.82) is 0 Å². The lowest BCUT2D eigenvalue weighted by Gasteiger charge is -2.07. The number of halogens is 1. The Kier molecular flexibility index (Phi) is 4.33. The van der Waals surface area contributed by atoms with Crippen LogP contribution in [0.2, 0.25) is 0 Å². The summed E-state index contributed by atoms with van der Waals surface area (Å²) in [6, 6.07) is 7.70. The van der Waals surface area contributed by atoms with Crippen LogP contribution in [0.25, 0.3) is 0 Å². The Hall–Kier alpha value is -1.06. The normalized spacial score (nSPS) is 19.4. The third-order valence-electron chi connectivity index (χ3n) is 4.74. The summed E-state index contributed by atoms with van der Waals surface area (Å²) in [6.45, 7) is 9.12. The third kappa shape index (κ3) is 2.63. The smallest absolute Gasteiger partial charge is 0.228 e. The molecule has 3 nitrogen and oxygen atoms in total. The molecule has 19 heavy (non-hydrogen) atoms. The molecule has 4 heteroatoms. The molecule has 1 fully saturated rings. The molecule has 1 amide bonds. The molecule has 2 rings (SSSR count). The van der Waals surface area contributed by atoms with Crippen LogP contribution >= 0.6 is 12.4 Å². The Labute approximate surface area is 121 Å². The number of benzene rings is 1. The van der Waals surface area contributed by atoms with Crippen LogP contribution in [0.15, 0.2) is 24.3 Å². The molecular weight excluding hydrogens is 260 g/mol. The van der Waals surface area contributed by atoms with E-state index >= 15 is 0 Å². The van der Waals surface area contributed by atoms with Gasteiger partial charge in [-0.1, -0.05) is 39.8 Å². The van der Waals surface area contributed by atoms with Gasteiger partial charge in [-0.3, -0.25) is 4.79 Å². The molecule has 1 aromatic rings. The fraction of sp³-hybridized carbons (Fsp3) is 0.533. The highest BCUT2D eigenvalue weighted by Gasteiger charge is 2.68. The van der Waals surface area contributed by atoms with Gasteiger partial charge in [-0.25, -0.2) is 0 Å². The Morgan fingerprint density at radius 2 is 1.63 bits per heavy atom. The van der Waals surface area contributed by atoms with Crippen molar-refractivity contribution in [2.75, 3.05) is 5.32 Å². The molecule has 0 unspecified atom stereocenters. The summed E-state index contributed by atoms with van der Waals surface area (Å²) >= 11 is 0. The number of anilines is 1. The van der Waals surface area contributed by atoms with Crippen LogP contribution in [-0.2, 0) is 11.3 Å². The standard InChI is InChI=1S/C15H22N2O.ClH/c1-14(2)12(15(14,3)4)13(18)17-11-7-5-10(9-16)6-8-11;/h5-8,12H,9,16H2,1-4H3,(H,17,18);1H. The maximum absolute atomic E-state index is 12.2. The van der Waals surface area contributed by atoms with E-state index in [4.69, 9.17) is 5.73 Å². The molecule has 0 aliphatic heterocycles. The largest absolute Gasteiger partial charge is 0.326 e. The zero-order valence-corrected chi connectivity index (χ0v) is 12.8. The highest BCUT2D eigenvalue weighted by atomic mass is 35.5. The number of carbonyl (C=O) groups excluding carboxylic acids is 1. The Bertz CT molecular complexity index is 452. The van der Waals surface area contributed by atoms with Crippen LogP contribution in [-0.4, -0.2) is 5.91 Å². The lowest BCUT2D eigenvalue weighted by molar-refractivity contribution is -0.118. The first-order valence-electron chi connectivity index (χ1n) is 6.40. The van der Waals surface area contributed by atoms with E-state index in [2.05, 4.69) is 33.0 Å². The molecule has 1 aromatic carbocycles. The number of hydrogen-bond donors (Lipinski definition) is 2. The van der Waals surface area contributed by atoms with E-state index in [1.54, 1.807) is 0 Å². The van der Waals surface area contributed by atoms with Crippen LogP contribution in [0.4, 0.5) is 5.69 Å². The molecule has 1 saturated carbocycles. The molecule has 0 bridgehead atoms. The van der Waals surface area contributed by atoms with Gasteiger partial charge in [0, 0.05) is 18.2 Å². The average Bonchev–Trinajstić information content (AvgIpc) is 2.70. The van der Waals surface area contributed by atoms with Gasteiger partial charge >= 0.3 is 0 Å². The predicted octanol–water partition coefficient (Wildman–Crippen LogP) is 3.19. The van der Waals surface area contributed by atoms with Gasteiger partial charge in [-0.05, 0) is 28.5 Å². The second-order valence-electron chi connectivity index (χ2n) is 6.27. The first-order valence-corrected chi connectivity index (χ1v) is 6.40. The van der Waals surface area contributed by atoms with Crippen LogP contribution < -0.4 is 11.1 Å². The molecule has 0 spiro atoms. The van der Waals surface area contributed by atoms with E-state index < -0.39 is 0 Å². The SMILES string of the molecule is CC1(C)C(C(=O)Nc2ccc(CN)cc2)C1(C)C.Cl. The van der Waals surface area contributed by atoms with Crippen LogP contribution in [0.3, 0.4) is 0 Å². The average molecular weight is 283 g/mol. The van der Waals surface area contributed by atoms with E-state index in [-0.39, 0.29) is 35.1 Å². The maximum atomic E-state index is 12.2. The van der Waals surface area contributed by atoms with E-state index in [0.29, 0.717) is 6.54 Å². The second kappa shape index (κ2) is 5.14. The molecule has 106 valence electrons. The van der Waals surface area contributed by atoms with Gasteiger partial charge in [-0.15, -0.1) is 12.4 Å². The van der Waals surface area contributed by atoms with Crippen LogP contribution in [0.5, 0.6) is 0 Å². The molecule has 0 atom stereocenters. The first-order chi connectivity index (χ1) is 8.30. The van der Waals surface area contributed by atoms with Crippen molar-refractivity contribution in [2.45, 2.75) is 34.2 Å². The number of rotatable bonds is 3. The van der Waals surface area contributed by atoms with Crippen molar-refractivity contribution in [3.8, 4) is 0 Å². The Morgan fingerprint density at radius 1 is 1.16 bits per heavy atom. The summed E-state index contributed by atoms with van der Waals surface area (Å²) in [7, 11) is 0. The highest BCUT2D eigenvalue weighted by Crippen LogP contribution is 2.68. The first kappa shape index (κ1) is 16.0. The summed E-state index contributed by atoms with van der Waals surface area (Å²) in [5.74, 6) is 0.199. The van der Waals surface area contributed by atoms with Crippen molar-refractivity contribution in [3.63, 3.8) is 0 Å². The van der Waals surface area contributed by atoms with Crippen molar-refractivity contribution in [1.82, 2.24) is 0 Å². The maximum Gasteiger partial charge on any atom is 0.228 e. The van der Waals surface area contributed by atoms with E-state index in [0.717, 1.165) is 11.3 Å². The zero-order valence-electron chi connectivity index (χ0n) is 12.0. The lowest BCUT2D eigenvalue weighted by Crippen LogP contribution is -2.17. The quantitative estimate of drug-likeness (QED) is 0.894. The van der Waals surface area contributed by atoms with Gasteiger partial charge in [0.25, 0.3) is 0 Å². The van der Waals surface area contributed by atoms with Crippen molar-refractivity contribution < 1.29 is 4.79 Å². The number of nitrogens with one attached hydrogen (secondary N) is 1. The van der Waals surface area contributed by atoms with E-state index in [1.807, 2.05) is 24.3 Å². The van der Waals surface area contributed by atoms with Gasteiger partial charge in [0.1, 0.15) is 0 Å². The number of amides is 1. The van der Waals surface area contributed by atoms with Gasteiger partial charge in [-0.2, -0.15) is 0 Å². The number of carbonyl (C=O) groups is 1. The predicted molar refractivity (Wildman–Crippen MR) is 81.3 cm³/mol. The van der Waals surface area contributed by atoms with Gasteiger partial charge in [0.15, 0.2) is 0 Å². The topological polar surface area (TPSA) is 55.1 Å². The lowest BCUT2D eigenvalue weighted by atomic mass is 10.0. The highest BCUT2D eigenvalue weighted by molar-refractivity contribution is 5.96. The minimum absolute atomic E-state index is 0. The zero-order chi connectivity index (χ0) is 13.6. The van der Waals surface area contributed by atoms with Crippen LogP contribution in [0.1, 0.15) is 33.3 Å². The van der Waals surface area contributed by atoms with Crippen molar-refractivity contribution in [3.05, 3.63) is 29.8 Å². The summed E-state index contributed by atoms with van der Waals surface area (Å²) in [5.41, 5.74) is 7.61. The molecule has 3 N–H and O–H groups in total. The number of nitrogens with two attached hydrogens (primary N) is 1. The molecule has 0 saturated heterocycles. The van der Waals surface area contributed by atoms with Crippen molar-refractivity contribution >= 4 is 24.0 Å². The fourth-order valence-corrected chi connectivity index (χ4v) is 2.79. The summed E-state index contributed by atoms with van der Waals surface area (Å²) in [5, 5.41) is 2.99. The summed E-state index contributed by atoms with van der Waals surface area (Å²) < 4.78 is 0. The van der Waals surface area contributed by atoms with Gasteiger partial charge < -0.3 is 11.1 Å². The van der Waals surface area contributed by atoms with Crippen LogP contribution in [0, 0.1) is 16.7 Å². The van der Waals surface area contributed by atoms with Gasteiger partial charge in [0.2, 0.25) is 5.91 Å². The molecule has 0 radical (unpaired) electrons. The Morgan fingerprint density at radius 3 is 2.00 bits per heavy atom. The monoisotopic (exact) mass is 282 g/mol. The minimum atomic E-state index is 0. The summed E-state index contributed by atoms with van der Waals surface area (Å²) in [6.07, 6.45) is 0. The minimum Gasteiger partial charge on any atom is -0.326 e. The van der Waals surface area contributed by atoms with Crippen molar-refractivity contribution in [2.24, 2.45) is 22.5 Å². The molecular formula is C15H23ClN2O. The fourth-order valence-electron chi connectivity index (χ4n) is 2.79. The number of hydrogen-bond acceptors (Lipinski definition) is 2. The van der Waals surface area contributed by atoms with Gasteiger partial charge in [0.05, 0.1) is 0 Å². The van der Waals surface area contributed by atoms with E-state index in [9.17, 15) is 4.79 Å². The molecule has 0 heterocycles. The third-order valence-corrected chi connectivity index (χ3v) is 4.74. The summed E-state index contributed by atoms with van der Waals surface area (Å²) in [4.78, 5) is 12.2. The molecule has 1 aliphatic carbocycles. The molecule has 1 aliphatic rings. The Balaban J connectivity index is 0.00000180.